The van der Waals surface area contributed by atoms with Gasteiger partial charge in [-0.05, 0) is 6.92 Å². The molecule has 0 spiro atoms. The maximum absolute atomic E-state index is 3.99. The molecule has 3 nitrogen and oxygen atoms in total. The summed E-state index contributed by atoms with van der Waals surface area (Å²) >= 11 is 1.48. The predicted molar refractivity (Wildman–Crippen MR) is 31.6 cm³/mol. The van der Waals surface area contributed by atoms with Gasteiger partial charge in [0.25, 0.3) is 0 Å². The molecule has 1 heterocycles. The average Bonchev–Trinajstić information content (AvgIpc) is 1.87. The highest BCUT2D eigenvalue weighted by Crippen LogP contribution is 2.07. The van der Waals surface area contributed by atoms with Gasteiger partial charge in [0.15, 0.2) is 0 Å². The molecule has 0 unspecified atom stereocenters. The topological polar surface area (TPSA) is 27.6 Å². The first kappa shape index (κ1) is 4.77. The van der Waals surface area contributed by atoms with Gasteiger partial charge in [0.1, 0.15) is 5.84 Å². The Labute approximate surface area is 47.0 Å². The molecule has 0 aromatic carbocycles. The van der Waals surface area contributed by atoms with Gasteiger partial charge in [-0.1, -0.05) is 0 Å². The lowest BCUT2D eigenvalue weighted by Gasteiger charge is -1.96. The zero-order chi connectivity index (χ0) is 5.28. The zero-order valence-electron chi connectivity index (χ0n) is 4.30. The highest BCUT2D eigenvalue weighted by molar-refractivity contribution is 7.95. The Morgan fingerprint density at radius 1 is 1.86 bits per heavy atom. The second kappa shape index (κ2) is 1.61. The summed E-state index contributed by atoms with van der Waals surface area (Å²) in [6, 6.07) is 0. The van der Waals surface area contributed by atoms with Crippen LogP contribution in [0.1, 0.15) is 6.92 Å². The maximum Gasteiger partial charge on any atom is 0.131 e. The third-order valence-corrected chi connectivity index (χ3v) is 1.35. The van der Waals surface area contributed by atoms with Crippen molar-refractivity contribution in [2.45, 2.75) is 6.92 Å². The van der Waals surface area contributed by atoms with E-state index in [2.05, 4.69) is 9.82 Å². The number of amidine groups is 1. The van der Waals surface area contributed by atoms with Crippen LogP contribution in [0.4, 0.5) is 0 Å². The van der Waals surface area contributed by atoms with E-state index in [1.54, 1.807) is 4.41 Å². The first-order valence-electron chi connectivity index (χ1n) is 2.01. The Hall–Kier alpha value is -0.380. The van der Waals surface area contributed by atoms with E-state index in [1.807, 2.05) is 14.0 Å². The molecule has 0 saturated heterocycles. The quantitative estimate of drug-likeness (QED) is 0.466. The molecule has 0 bridgehead atoms. The van der Waals surface area contributed by atoms with Crippen LogP contribution in [-0.4, -0.2) is 17.3 Å². The van der Waals surface area contributed by atoms with Gasteiger partial charge >= 0.3 is 0 Å². The molecule has 0 aromatic rings. The molecule has 0 aliphatic carbocycles. The fourth-order valence-corrected chi connectivity index (χ4v) is 0.853. The molecule has 0 fully saturated rings. The average molecular weight is 117 g/mol. The lowest BCUT2D eigenvalue weighted by Crippen LogP contribution is -2.04. The van der Waals surface area contributed by atoms with Crippen LogP contribution in [0.15, 0.2) is 5.10 Å². The summed E-state index contributed by atoms with van der Waals surface area (Å²) in [7, 11) is 1.90. The largest absolute Gasteiger partial charge is 0.298 e. The molecule has 4 heteroatoms. The molecular formula is C3H7N3S. The highest BCUT2D eigenvalue weighted by Gasteiger charge is 2.02. The number of rotatable bonds is 0. The zero-order valence-corrected chi connectivity index (χ0v) is 5.12. The molecule has 0 aromatic heterocycles. The molecule has 1 aliphatic heterocycles. The van der Waals surface area contributed by atoms with Gasteiger partial charge in [-0.25, -0.2) is 4.41 Å². The van der Waals surface area contributed by atoms with Crippen molar-refractivity contribution in [3.8, 4) is 0 Å². The van der Waals surface area contributed by atoms with Crippen molar-refractivity contribution in [1.82, 2.24) is 9.14 Å². The van der Waals surface area contributed by atoms with Gasteiger partial charge < -0.3 is 0 Å². The van der Waals surface area contributed by atoms with E-state index >= 15 is 0 Å². The van der Waals surface area contributed by atoms with E-state index in [0.29, 0.717) is 0 Å². The predicted octanol–water partition coefficient (Wildman–Crippen LogP) is 0.418. The summed E-state index contributed by atoms with van der Waals surface area (Å²) in [4.78, 5) is 0. The Kier molecular flexibility index (Phi) is 1.10. The van der Waals surface area contributed by atoms with Crippen LogP contribution in [0.2, 0.25) is 0 Å². The fourth-order valence-electron chi connectivity index (χ4n) is 0.384. The van der Waals surface area contributed by atoms with E-state index in [1.165, 1.54) is 12.1 Å². The lowest BCUT2D eigenvalue weighted by atomic mass is 10.7. The molecule has 1 N–H and O–H groups in total. The Morgan fingerprint density at radius 2 is 2.57 bits per heavy atom. The molecule has 0 saturated carbocycles. The molecule has 1 rings (SSSR count). The van der Waals surface area contributed by atoms with Crippen molar-refractivity contribution in [3.05, 3.63) is 0 Å². The fraction of sp³-hybridized carbons (Fsp3) is 0.667. The third-order valence-electron chi connectivity index (χ3n) is 0.616. The standard InChI is InChI=1S/C3H7N3S/c1-3-4-6(2)7-5-3/h1-2H3,(H,4,5). The summed E-state index contributed by atoms with van der Waals surface area (Å²) in [5.74, 6) is 0.965. The Balaban J connectivity index is 2.50. The third kappa shape index (κ3) is 0.991. The van der Waals surface area contributed by atoms with Crippen molar-refractivity contribution in [1.29, 1.82) is 0 Å². The molecule has 0 radical (unpaired) electrons. The van der Waals surface area contributed by atoms with Crippen LogP contribution in [0, 0.1) is 0 Å². The minimum absolute atomic E-state index is 0.965. The molecule has 0 amide bonds. The second-order valence-electron chi connectivity index (χ2n) is 1.34. The van der Waals surface area contributed by atoms with Crippen molar-refractivity contribution in [3.63, 3.8) is 0 Å². The first-order chi connectivity index (χ1) is 3.29. The minimum atomic E-state index is 0.965. The van der Waals surface area contributed by atoms with E-state index < -0.39 is 0 Å². The van der Waals surface area contributed by atoms with Gasteiger partial charge in [0, 0.05) is 7.05 Å². The number of nitrogens with zero attached hydrogens (tertiary/aromatic N) is 2. The van der Waals surface area contributed by atoms with Crippen molar-refractivity contribution >= 4 is 18.0 Å². The van der Waals surface area contributed by atoms with E-state index in [9.17, 15) is 0 Å². The molecule has 40 valence electrons. The van der Waals surface area contributed by atoms with Gasteiger partial charge in [0.05, 0.1) is 12.1 Å². The van der Waals surface area contributed by atoms with Crippen LogP contribution in [0.25, 0.3) is 0 Å². The summed E-state index contributed by atoms with van der Waals surface area (Å²) in [6.45, 7) is 1.93. The van der Waals surface area contributed by atoms with Crippen LogP contribution < -0.4 is 4.72 Å². The van der Waals surface area contributed by atoms with Gasteiger partial charge in [-0.15, -0.1) is 0 Å². The summed E-state index contributed by atoms with van der Waals surface area (Å²) in [5, 5.41) is 3.99. The van der Waals surface area contributed by atoms with E-state index in [-0.39, 0.29) is 0 Å². The van der Waals surface area contributed by atoms with Crippen LogP contribution >= 0.6 is 12.1 Å². The number of nitrogens with one attached hydrogen (secondary N) is 1. The summed E-state index contributed by atoms with van der Waals surface area (Å²) < 4.78 is 4.73. The number of hydrazone groups is 1. The van der Waals surface area contributed by atoms with Crippen molar-refractivity contribution < 1.29 is 0 Å². The van der Waals surface area contributed by atoms with E-state index in [4.69, 9.17) is 0 Å². The van der Waals surface area contributed by atoms with Gasteiger partial charge in [-0.3, -0.25) is 4.72 Å². The minimum Gasteiger partial charge on any atom is -0.298 e. The highest BCUT2D eigenvalue weighted by atomic mass is 32.2. The monoisotopic (exact) mass is 117 g/mol. The van der Waals surface area contributed by atoms with Gasteiger partial charge in [-0.2, -0.15) is 5.10 Å². The second-order valence-corrected chi connectivity index (χ2v) is 2.26. The Morgan fingerprint density at radius 3 is 2.71 bits per heavy atom. The van der Waals surface area contributed by atoms with Crippen LogP contribution in [0.3, 0.4) is 0 Å². The molecule has 1 aliphatic rings. The summed E-state index contributed by atoms with van der Waals surface area (Å²) in [6.07, 6.45) is 0. The SMILES string of the molecule is CC1=NN(C)SN1. The van der Waals surface area contributed by atoms with E-state index in [0.717, 1.165) is 5.84 Å². The lowest BCUT2D eigenvalue weighted by molar-refractivity contribution is 0.627. The molecule has 7 heavy (non-hydrogen) atoms. The van der Waals surface area contributed by atoms with Gasteiger partial charge in [0.2, 0.25) is 0 Å². The maximum atomic E-state index is 3.99. The van der Waals surface area contributed by atoms with Crippen molar-refractivity contribution in [2.24, 2.45) is 5.10 Å². The molecule has 0 atom stereocenters. The molecular weight excluding hydrogens is 110 g/mol. The first-order valence-corrected chi connectivity index (χ1v) is 2.78. The smallest absolute Gasteiger partial charge is 0.131 e. The summed E-state index contributed by atoms with van der Waals surface area (Å²) in [5.41, 5.74) is 0. The number of hydrogen-bond acceptors (Lipinski definition) is 4. The van der Waals surface area contributed by atoms with Crippen LogP contribution in [0.5, 0.6) is 0 Å². The van der Waals surface area contributed by atoms with Crippen LogP contribution in [-0.2, 0) is 0 Å². The van der Waals surface area contributed by atoms with Crippen molar-refractivity contribution in [2.75, 3.05) is 7.05 Å². The normalized spacial score (nSPS) is 19.1. The number of hydrogen-bond donors (Lipinski definition) is 1. The Bertz CT molecular complexity index is 100.